The molecule has 1 saturated heterocycles. The van der Waals surface area contributed by atoms with Crippen molar-refractivity contribution in [2.24, 2.45) is 0 Å². The molecule has 5 heteroatoms. The molecule has 0 saturated carbocycles. The van der Waals surface area contributed by atoms with Crippen LogP contribution in [0.25, 0.3) is 0 Å². The summed E-state index contributed by atoms with van der Waals surface area (Å²) >= 11 is 6.00. The quantitative estimate of drug-likeness (QED) is 0.750. The number of carbonyl (C=O) groups excluding carboxylic acids is 1. The number of rotatable bonds is 0. The number of piperazine rings is 1. The first-order chi connectivity index (χ1) is 8.18. The number of hydrogen-bond acceptors (Lipinski definition) is 3. The predicted molar refractivity (Wildman–Crippen MR) is 68.9 cm³/mol. The fraction of sp³-hybridized carbons (Fsp3) is 0.417. The summed E-state index contributed by atoms with van der Waals surface area (Å²) in [5, 5.41) is 3.93. The molecule has 1 fully saturated rings. The van der Waals surface area contributed by atoms with Crippen LogP contribution >= 0.6 is 11.6 Å². The number of nitrogens with zero attached hydrogens (tertiary/aromatic N) is 2. The number of carbonyl (C=O) groups is 1. The smallest absolute Gasteiger partial charge is 0.250 e. The average Bonchev–Trinajstić information content (AvgIpc) is 2.36. The summed E-state index contributed by atoms with van der Waals surface area (Å²) in [6, 6.07) is 5.65. The third-order valence-corrected chi connectivity index (χ3v) is 3.70. The molecule has 2 heterocycles. The van der Waals surface area contributed by atoms with Gasteiger partial charge in [-0.1, -0.05) is 11.6 Å². The van der Waals surface area contributed by atoms with Gasteiger partial charge >= 0.3 is 0 Å². The van der Waals surface area contributed by atoms with Gasteiger partial charge in [-0.15, -0.1) is 0 Å². The molecule has 1 atom stereocenters. The van der Waals surface area contributed by atoms with Crippen molar-refractivity contribution in [1.82, 2.24) is 5.32 Å². The van der Waals surface area contributed by atoms with Gasteiger partial charge in [-0.2, -0.15) is 0 Å². The summed E-state index contributed by atoms with van der Waals surface area (Å²) in [4.78, 5) is 16.1. The maximum Gasteiger partial charge on any atom is 0.250 e. The van der Waals surface area contributed by atoms with E-state index in [1.54, 1.807) is 4.90 Å². The SMILES string of the molecule is CN1C(=O)C2CNCCN2c2ccc(Cl)cc21. The Kier molecular flexibility index (Phi) is 2.49. The van der Waals surface area contributed by atoms with Crippen molar-refractivity contribution in [3.8, 4) is 0 Å². The molecule has 0 aromatic heterocycles. The molecule has 90 valence electrons. The predicted octanol–water partition coefficient (Wildman–Crippen LogP) is 1.09. The molecule has 1 unspecified atom stereocenters. The highest BCUT2D eigenvalue weighted by atomic mass is 35.5. The van der Waals surface area contributed by atoms with Crippen LogP contribution in [0.15, 0.2) is 18.2 Å². The Hall–Kier alpha value is -1.26. The molecule has 17 heavy (non-hydrogen) atoms. The van der Waals surface area contributed by atoms with Crippen molar-refractivity contribution in [2.75, 3.05) is 36.5 Å². The number of likely N-dealkylation sites (N-methyl/N-ethyl adjacent to an activating group) is 1. The number of halogens is 1. The van der Waals surface area contributed by atoms with Crippen LogP contribution in [0.4, 0.5) is 11.4 Å². The van der Waals surface area contributed by atoms with Crippen LogP contribution in [0.2, 0.25) is 5.02 Å². The first kappa shape index (κ1) is 10.9. The molecule has 2 aliphatic rings. The molecular weight excluding hydrogens is 238 g/mol. The number of anilines is 2. The van der Waals surface area contributed by atoms with Crippen LogP contribution < -0.4 is 15.1 Å². The Balaban J connectivity index is 2.12. The minimum absolute atomic E-state index is 0.0811. The molecule has 0 radical (unpaired) electrons. The van der Waals surface area contributed by atoms with E-state index >= 15 is 0 Å². The van der Waals surface area contributed by atoms with Gasteiger partial charge in [0.25, 0.3) is 5.91 Å². The van der Waals surface area contributed by atoms with Gasteiger partial charge in [-0.3, -0.25) is 4.79 Å². The van der Waals surface area contributed by atoms with E-state index in [0.29, 0.717) is 11.6 Å². The van der Waals surface area contributed by atoms with Gasteiger partial charge < -0.3 is 15.1 Å². The molecule has 4 nitrogen and oxygen atoms in total. The Bertz CT molecular complexity index is 477. The zero-order valence-corrected chi connectivity index (χ0v) is 10.4. The molecule has 1 amide bonds. The fourth-order valence-corrected chi connectivity index (χ4v) is 2.73. The van der Waals surface area contributed by atoms with Gasteiger partial charge in [-0.05, 0) is 18.2 Å². The molecule has 1 aromatic rings. The van der Waals surface area contributed by atoms with Crippen LogP contribution in [-0.4, -0.2) is 38.6 Å². The zero-order valence-electron chi connectivity index (χ0n) is 9.61. The summed E-state index contributed by atoms with van der Waals surface area (Å²) in [6.45, 7) is 2.49. The first-order valence-corrected chi connectivity index (χ1v) is 6.11. The zero-order chi connectivity index (χ0) is 12.0. The average molecular weight is 252 g/mol. The third-order valence-electron chi connectivity index (χ3n) is 3.47. The normalized spacial score (nSPS) is 23.4. The second kappa shape index (κ2) is 3.89. The number of fused-ring (bicyclic) bond motifs is 3. The molecule has 3 rings (SSSR count). The molecule has 0 spiro atoms. The fourth-order valence-electron chi connectivity index (χ4n) is 2.56. The van der Waals surface area contributed by atoms with Crippen molar-refractivity contribution in [3.63, 3.8) is 0 Å². The maximum atomic E-state index is 12.2. The van der Waals surface area contributed by atoms with E-state index in [0.717, 1.165) is 24.5 Å². The van der Waals surface area contributed by atoms with Crippen LogP contribution in [0.5, 0.6) is 0 Å². The third kappa shape index (κ3) is 1.59. The largest absolute Gasteiger partial charge is 0.355 e. The molecule has 1 aromatic carbocycles. The summed E-state index contributed by atoms with van der Waals surface area (Å²) in [7, 11) is 1.81. The second-order valence-corrected chi connectivity index (χ2v) is 4.88. The molecule has 0 bridgehead atoms. The standard InChI is InChI=1S/C12H14ClN3O/c1-15-10-6-8(13)2-3-9(10)16-5-4-14-7-11(16)12(15)17/h2-3,6,11,14H,4-5,7H2,1H3. The van der Waals surface area contributed by atoms with Crippen molar-refractivity contribution < 1.29 is 4.79 Å². The number of hydrogen-bond donors (Lipinski definition) is 1. The van der Waals surface area contributed by atoms with Gasteiger partial charge in [0, 0.05) is 31.7 Å². The van der Waals surface area contributed by atoms with Crippen molar-refractivity contribution in [1.29, 1.82) is 0 Å². The van der Waals surface area contributed by atoms with Gasteiger partial charge in [0.15, 0.2) is 0 Å². The van der Waals surface area contributed by atoms with Crippen molar-refractivity contribution >= 4 is 28.9 Å². The van der Waals surface area contributed by atoms with Gasteiger partial charge in [0.2, 0.25) is 0 Å². The second-order valence-electron chi connectivity index (χ2n) is 4.44. The van der Waals surface area contributed by atoms with Gasteiger partial charge in [0.1, 0.15) is 6.04 Å². The monoisotopic (exact) mass is 251 g/mol. The highest BCUT2D eigenvalue weighted by molar-refractivity contribution is 6.31. The highest BCUT2D eigenvalue weighted by Gasteiger charge is 2.37. The molecule has 0 aliphatic carbocycles. The summed E-state index contributed by atoms with van der Waals surface area (Å²) in [6.07, 6.45) is 0. The summed E-state index contributed by atoms with van der Waals surface area (Å²) < 4.78 is 0. The lowest BCUT2D eigenvalue weighted by Gasteiger charge is -2.44. The number of nitrogens with one attached hydrogen (secondary N) is 1. The Morgan fingerprint density at radius 2 is 2.24 bits per heavy atom. The summed E-state index contributed by atoms with van der Waals surface area (Å²) in [5.74, 6) is 0.131. The van der Waals surface area contributed by atoms with E-state index in [4.69, 9.17) is 11.6 Å². The van der Waals surface area contributed by atoms with E-state index in [1.165, 1.54) is 0 Å². The minimum Gasteiger partial charge on any atom is -0.355 e. The lowest BCUT2D eigenvalue weighted by Crippen LogP contribution is -2.61. The van der Waals surface area contributed by atoms with Crippen LogP contribution in [0.1, 0.15) is 0 Å². The van der Waals surface area contributed by atoms with E-state index in [-0.39, 0.29) is 11.9 Å². The topological polar surface area (TPSA) is 35.6 Å². The number of benzene rings is 1. The van der Waals surface area contributed by atoms with E-state index in [2.05, 4.69) is 10.2 Å². The summed E-state index contributed by atoms with van der Waals surface area (Å²) in [5.41, 5.74) is 2.00. The van der Waals surface area contributed by atoms with Crippen LogP contribution in [0.3, 0.4) is 0 Å². The Labute approximate surface area is 105 Å². The van der Waals surface area contributed by atoms with E-state index in [1.807, 2.05) is 25.2 Å². The molecule has 1 N–H and O–H groups in total. The lowest BCUT2D eigenvalue weighted by molar-refractivity contribution is -0.120. The molecular formula is C12H14ClN3O. The van der Waals surface area contributed by atoms with E-state index < -0.39 is 0 Å². The van der Waals surface area contributed by atoms with Gasteiger partial charge in [-0.25, -0.2) is 0 Å². The lowest BCUT2D eigenvalue weighted by atomic mass is 10.0. The Morgan fingerprint density at radius 3 is 3.06 bits per heavy atom. The first-order valence-electron chi connectivity index (χ1n) is 5.73. The van der Waals surface area contributed by atoms with Crippen LogP contribution in [-0.2, 0) is 4.79 Å². The Morgan fingerprint density at radius 1 is 1.41 bits per heavy atom. The highest BCUT2D eigenvalue weighted by Crippen LogP contribution is 2.37. The molecule has 2 aliphatic heterocycles. The van der Waals surface area contributed by atoms with Crippen molar-refractivity contribution in [3.05, 3.63) is 23.2 Å². The van der Waals surface area contributed by atoms with Crippen molar-refractivity contribution in [2.45, 2.75) is 6.04 Å². The van der Waals surface area contributed by atoms with Crippen LogP contribution in [0, 0.1) is 0 Å². The minimum atomic E-state index is -0.0811. The maximum absolute atomic E-state index is 12.2. The van der Waals surface area contributed by atoms with Gasteiger partial charge in [0.05, 0.1) is 11.4 Å². The number of amides is 1. The van der Waals surface area contributed by atoms with E-state index in [9.17, 15) is 4.79 Å².